The fraction of sp³-hybridized carbons (Fsp3) is 0.250. The Morgan fingerprint density at radius 1 is 1.10 bits per heavy atom. The van der Waals surface area contributed by atoms with Crippen LogP contribution in [-0.2, 0) is 19.6 Å². The lowest BCUT2D eigenvalue weighted by Gasteiger charge is -2.28. The lowest BCUT2D eigenvalue weighted by molar-refractivity contribution is 0.191. The Hall–Kier alpha value is -1.91. The third-order valence-electron chi connectivity index (χ3n) is 4.01. The van der Waals surface area contributed by atoms with E-state index in [0.29, 0.717) is 0 Å². The summed E-state index contributed by atoms with van der Waals surface area (Å²) < 4.78 is 1.96. The molecule has 21 heavy (non-hydrogen) atoms. The van der Waals surface area contributed by atoms with Crippen molar-refractivity contribution in [1.29, 1.82) is 0 Å². The second kappa shape index (κ2) is 5.13. The van der Waals surface area contributed by atoms with E-state index in [2.05, 4.69) is 33.4 Å². The molecular formula is C16H15ClN4. The highest BCUT2D eigenvalue weighted by Gasteiger charge is 2.17. The summed E-state index contributed by atoms with van der Waals surface area (Å²) in [5, 5.41) is 9.28. The molecule has 0 atom stereocenters. The van der Waals surface area contributed by atoms with Gasteiger partial charge < -0.3 is 0 Å². The van der Waals surface area contributed by atoms with E-state index in [9.17, 15) is 0 Å². The fourth-order valence-electron chi connectivity index (χ4n) is 2.92. The molecule has 4 nitrogen and oxygen atoms in total. The van der Waals surface area contributed by atoms with E-state index >= 15 is 0 Å². The summed E-state index contributed by atoms with van der Waals surface area (Å²) in [6, 6.07) is 14.2. The van der Waals surface area contributed by atoms with Crippen molar-refractivity contribution in [1.82, 2.24) is 19.9 Å². The molecule has 5 heteroatoms. The van der Waals surface area contributed by atoms with Crippen molar-refractivity contribution >= 4 is 22.6 Å². The number of hydrogen-bond acceptors (Lipinski definition) is 3. The molecule has 0 spiro atoms. The number of nitrogens with zero attached hydrogens (tertiary/aromatic N) is 4. The van der Waals surface area contributed by atoms with Crippen molar-refractivity contribution in [2.75, 3.05) is 6.54 Å². The molecule has 0 unspecified atom stereocenters. The molecule has 0 saturated carbocycles. The largest absolute Gasteiger partial charge is 0.280 e. The maximum Gasteiger partial charge on any atom is 0.113 e. The van der Waals surface area contributed by atoms with Crippen LogP contribution in [0, 0.1) is 0 Å². The Kier molecular flexibility index (Phi) is 3.13. The topological polar surface area (TPSA) is 34.0 Å². The van der Waals surface area contributed by atoms with E-state index < -0.39 is 0 Å². The smallest absolute Gasteiger partial charge is 0.113 e. The van der Waals surface area contributed by atoms with Crippen LogP contribution >= 0.6 is 11.6 Å². The minimum atomic E-state index is 0.756. The van der Waals surface area contributed by atoms with E-state index in [1.807, 2.05) is 28.9 Å². The van der Waals surface area contributed by atoms with Gasteiger partial charge in [0.25, 0.3) is 0 Å². The van der Waals surface area contributed by atoms with Crippen LogP contribution in [0.4, 0.5) is 0 Å². The van der Waals surface area contributed by atoms with Gasteiger partial charge in [-0.1, -0.05) is 35.0 Å². The van der Waals surface area contributed by atoms with Crippen molar-refractivity contribution in [3.63, 3.8) is 0 Å². The Balaban J connectivity index is 1.59. The van der Waals surface area contributed by atoms with Crippen molar-refractivity contribution in [2.24, 2.45) is 0 Å². The molecule has 0 aliphatic carbocycles. The standard InChI is InChI=1S/C16H15ClN4/c17-14-6-5-12-7-8-20(10-13(12)9-14)11-21-16-4-2-1-3-15(16)18-19-21/h1-6,9H,7-8,10-11H2. The van der Waals surface area contributed by atoms with Crippen molar-refractivity contribution in [3.8, 4) is 0 Å². The molecular weight excluding hydrogens is 284 g/mol. The van der Waals surface area contributed by atoms with Crippen LogP contribution in [0.15, 0.2) is 42.5 Å². The summed E-state index contributed by atoms with van der Waals surface area (Å²) >= 11 is 6.10. The van der Waals surface area contributed by atoms with Crippen LogP contribution in [0.2, 0.25) is 5.02 Å². The van der Waals surface area contributed by atoms with Gasteiger partial charge in [-0.3, -0.25) is 4.90 Å². The molecule has 1 aliphatic rings. The monoisotopic (exact) mass is 298 g/mol. The second-order valence-electron chi connectivity index (χ2n) is 5.43. The van der Waals surface area contributed by atoms with E-state index in [4.69, 9.17) is 11.6 Å². The van der Waals surface area contributed by atoms with Gasteiger partial charge in [-0.15, -0.1) is 5.10 Å². The molecule has 1 aliphatic heterocycles. The highest BCUT2D eigenvalue weighted by molar-refractivity contribution is 6.30. The lowest BCUT2D eigenvalue weighted by atomic mass is 10.0. The summed E-state index contributed by atoms with van der Waals surface area (Å²) in [4.78, 5) is 2.37. The first kappa shape index (κ1) is 12.8. The van der Waals surface area contributed by atoms with Gasteiger partial charge in [-0.2, -0.15) is 0 Å². The molecule has 2 heterocycles. The van der Waals surface area contributed by atoms with Crippen LogP contribution in [0.5, 0.6) is 0 Å². The second-order valence-corrected chi connectivity index (χ2v) is 5.87. The summed E-state index contributed by atoms with van der Waals surface area (Å²) in [6.07, 6.45) is 1.05. The zero-order chi connectivity index (χ0) is 14.2. The van der Waals surface area contributed by atoms with Crippen molar-refractivity contribution in [3.05, 3.63) is 58.6 Å². The summed E-state index contributed by atoms with van der Waals surface area (Å²) in [5.74, 6) is 0. The molecule has 0 radical (unpaired) electrons. The molecule has 106 valence electrons. The van der Waals surface area contributed by atoms with E-state index in [1.165, 1.54) is 11.1 Å². The fourth-order valence-corrected chi connectivity index (χ4v) is 3.11. The number of fused-ring (bicyclic) bond motifs is 2. The van der Waals surface area contributed by atoms with Gasteiger partial charge in [0.1, 0.15) is 5.52 Å². The lowest BCUT2D eigenvalue weighted by Crippen LogP contribution is -2.32. The van der Waals surface area contributed by atoms with Crippen LogP contribution in [0.3, 0.4) is 0 Å². The minimum absolute atomic E-state index is 0.756. The number of benzene rings is 2. The molecule has 0 bridgehead atoms. The van der Waals surface area contributed by atoms with E-state index in [1.54, 1.807) is 0 Å². The first-order valence-corrected chi connectivity index (χ1v) is 7.45. The average molecular weight is 299 g/mol. The van der Waals surface area contributed by atoms with Crippen molar-refractivity contribution < 1.29 is 0 Å². The molecule has 0 amide bonds. The zero-order valence-electron chi connectivity index (χ0n) is 11.5. The molecule has 0 N–H and O–H groups in total. The summed E-state index contributed by atoms with van der Waals surface area (Å²) in [6.45, 7) is 2.69. The Bertz CT molecular complexity index is 796. The number of hydrogen-bond donors (Lipinski definition) is 0. The van der Waals surface area contributed by atoms with Crippen LogP contribution < -0.4 is 0 Å². The van der Waals surface area contributed by atoms with E-state index in [0.717, 1.165) is 42.2 Å². The first-order valence-electron chi connectivity index (χ1n) is 7.07. The number of aromatic nitrogens is 3. The van der Waals surface area contributed by atoms with Gasteiger partial charge in [0.15, 0.2) is 0 Å². The summed E-state index contributed by atoms with van der Waals surface area (Å²) in [5.41, 5.74) is 4.74. The average Bonchev–Trinajstić information content (AvgIpc) is 2.90. The van der Waals surface area contributed by atoms with E-state index in [-0.39, 0.29) is 0 Å². The minimum Gasteiger partial charge on any atom is -0.280 e. The molecule has 0 fully saturated rings. The SMILES string of the molecule is Clc1ccc2c(c1)CN(Cn1nnc3ccccc31)CC2. The number of halogens is 1. The van der Waals surface area contributed by atoms with Gasteiger partial charge in [0.05, 0.1) is 12.2 Å². The predicted molar refractivity (Wildman–Crippen MR) is 83.1 cm³/mol. The van der Waals surface area contributed by atoms with Crippen LogP contribution in [-0.4, -0.2) is 26.4 Å². The highest BCUT2D eigenvalue weighted by Crippen LogP contribution is 2.23. The first-order chi connectivity index (χ1) is 10.3. The Labute approximate surface area is 127 Å². The third-order valence-corrected chi connectivity index (χ3v) is 4.25. The Morgan fingerprint density at radius 2 is 2.00 bits per heavy atom. The summed E-state index contributed by atoms with van der Waals surface area (Å²) in [7, 11) is 0. The van der Waals surface area contributed by atoms with Crippen LogP contribution in [0.1, 0.15) is 11.1 Å². The van der Waals surface area contributed by atoms with Crippen LogP contribution in [0.25, 0.3) is 11.0 Å². The Morgan fingerprint density at radius 3 is 2.95 bits per heavy atom. The molecule has 1 aromatic heterocycles. The van der Waals surface area contributed by atoms with Gasteiger partial charge >= 0.3 is 0 Å². The van der Waals surface area contributed by atoms with Crippen molar-refractivity contribution in [2.45, 2.75) is 19.6 Å². The predicted octanol–water partition coefficient (Wildman–Crippen LogP) is 3.10. The maximum atomic E-state index is 6.10. The number of rotatable bonds is 2. The zero-order valence-corrected chi connectivity index (χ0v) is 12.3. The third kappa shape index (κ3) is 2.41. The molecule has 0 saturated heterocycles. The van der Waals surface area contributed by atoms with Gasteiger partial charge in [0, 0.05) is 18.1 Å². The molecule has 3 aromatic rings. The quantitative estimate of drug-likeness (QED) is 0.729. The highest BCUT2D eigenvalue weighted by atomic mass is 35.5. The number of para-hydroxylation sites is 1. The van der Waals surface area contributed by atoms with Gasteiger partial charge in [0.2, 0.25) is 0 Å². The molecule has 4 rings (SSSR count). The van der Waals surface area contributed by atoms with Gasteiger partial charge in [-0.25, -0.2) is 4.68 Å². The normalized spacial score (nSPS) is 15.3. The molecule has 2 aromatic carbocycles. The maximum absolute atomic E-state index is 6.10. The van der Waals surface area contributed by atoms with Gasteiger partial charge in [-0.05, 0) is 41.8 Å².